The summed E-state index contributed by atoms with van der Waals surface area (Å²) in [5.41, 5.74) is 0.653. The van der Waals surface area contributed by atoms with Crippen molar-refractivity contribution in [2.45, 2.75) is 19.4 Å². The van der Waals surface area contributed by atoms with Crippen LogP contribution in [0.15, 0.2) is 73.4 Å². The maximum atomic E-state index is 14.7. The van der Waals surface area contributed by atoms with Gasteiger partial charge in [-0.05, 0) is 50.4 Å². The third-order valence-corrected chi connectivity index (χ3v) is 4.90. The van der Waals surface area contributed by atoms with Crippen molar-refractivity contribution in [1.29, 1.82) is 0 Å². The van der Waals surface area contributed by atoms with E-state index in [4.69, 9.17) is 4.74 Å². The zero-order valence-electron chi connectivity index (χ0n) is 18.2. The van der Waals surface area contributed by atoms with Crippen LogP contribution in [0.3, 0.4) is 0 Å². The largest absolute Gasteiger partial charge is 0.488 e. The van der Waals surface area contributed by atoms with Gasteiger partial charge in [-0.15, -0.1) is 0 Å². The second-order valence-electron chi connectivity index (χ2n) is 7.64. The van der Waals surface area contributed by atoms with Crippen molar-refractivity contribution in [3.63, 3.8) is 0 Å². The zero-order chi connectivity index (χ0) is 23.3. The molecule has 1 atom stereocenters. The van der Waals surface area contributed by atoms with Crippen molar-refractivity contribution in [3.8, 4) is 5.75 Å². The van der Waals surface area contributed by atoms with Crippen molar-refractivity contribution in [2.24, 2.45) is 0 Å². The molecule has 9 heteroatoms. The molecule has 3 N–H and O–H groups in total. The van der Waals surface area contributed by atoms with Crippen LogP contribution in [0.1, 0.15) is 13.8 Å². The first-order valence-corrected chi connectivity index (χ1v) is 10.3. The van der Waals surface area contributed by atoms with Gasteiger partial charge in [0.05, 0.1) is 17.3 Å². The van der Waals surface area contributed by atoms with Gasteiger partial charge in [-0.25, -0.2) is 19.3 Å². The third-order valence-electron chi connectivity index (χ3n) is 4.90. The highest BCUT2D eigenvalue weighted by Crippen LogP contribution is 2.28. The molecule has 2 aromatic heterocycles. The maximum Gasteiger partial charge on any atom is 0.249 e. The van der Waals surface area contributed by atoms with Crippen LogP contribution in [-0.2, 0) is 4.79 Å². The number of nitrogens with one attached hydrogen (secondary N) is 3. The molecule has 1 unspecified atom stereocenters. The minimum absolute atomic E-state index is 0.150. The zero-order valence-corrected chi connectivity index (χ0v) is 18.2. The number of ether oxygens (including phenoxy) is 1. The molecule has 0 saturated heterocycles. The minimum atomic E-state index is -0.502. The lowest BCUT2D eigenvalue weighted by atomic mass is 10.0. The monoisotopic (exact) mass is 446 g/mol. The van der Waals surface area contributed by atoms with Crippen LogP contribution in [0.4, 0.5) is 21.7 Å². The summed E-state index contributed by atoms with van der Waals surface area (Å²) in [5.74, 6) is 0.160. The van der Waals surface area contributed by atoms with Crippen molar-refractivity contribution in [2.75, 3.05) is 17.2 Å². The number of allylic oxidation sites excluding steroid dienone is 3. The van der Waals surface area contributed by atoms with Crippen molar-refractivity contribution in [3.05, 3.63) is 79.2 Å². The number of pyridine rings is 1. The van der Waals surface area contributed by atoms with Crippen LogP contribution in [0, 0.1) is 5.82 Å². The molecule has 1 aliphatic heterocycles. The first-order chi connectivity index (χ1) is 16.0. The number of hydrogen-bond acceptors (Lipinski definition) is 7. The number of benzene rings is 1. The first-order valence-electron chi connectivity index (χ1n) is 10.3. The lowest BCUT2D eigenvalue weighted by Gasteiger charge is -2.28. The molecule has 0 aliphatic carbocycles. The smallest absolute Gasteiger partial charge is 0.249 e. The van der Waals surface area contributed by atoms with E-state index in [0.29, 0.717) is 28.2 Å². The summed E-state index contributed by atoms with van der Waals surface area (Å²) in [6.07, 6.45) is 13.5. The number of hydrogen-bond donors (Lipinski definition) is 3. The molecule has 3 heterocycles. The minimum Gasteiger partial charge on any atom is -0.488 e. The van der Waals surface area contributed by atoms with Crippen LogP contribution in [0.2, 0.25) is 0 Å². The predicted molar refractivity (Wildman–Crippen MR) is 126 cm³/mol. The number of halogens is 1. The van der Waals surface area contributed by atoms with Crippen LogP contribution >= 0.6 is 0 Å². The second kappa shape index (κ2) is 9.47. The lowest BCUT2D eigenvalue weighted by Crippen LogP contribution is -2.43. The summed E-state index contributed by atoms with van der Waals surface area (Å²) in [6.45, 7) is 3.98. The number of amides is 1. The van der Waals surface area contributed by atoms with Crippen LogP contribution in [0.25, 0.3) is 10.9 Å². The van der Waals surface area contributed by atoms with Gasteiger partial charge < -0.3 is 20.7 Å². The average molecular weight is 446 g/mol. The summed E-state index contributed by atoms with van der Waals surface area (Å²) in [7, 11) is 0. The second-order valence-corrected chi connectivity index (χ2v) is 7.64. The van der Waals surface area contributed by atoms with Gasteiger partial charge in [0.15, 0.2) is 11.6 Å². The summed E-state index contributed by atoms with van der Waals surface area (Å²) in [5, 5.41) is 9.59. The normalized spacial score (nSPS) is 17.2. The Labute approximate surface area is 190 Å². The summed E-state index contributed by atoms with van der Waals surface area (Å²) in [6, 6.07) is 6.27. The number of rotatable bonds is 7. The van der Waals surface area contributed by atoms with Gasteiger partial charge in [0.2, 0.25) is 5.91 Å². The third kappa shape index (κ3) is 5.32. The standard InChI is InChI=1S/C24H23FN6O2/c1-3-6-22(32)31-21-12-17-19(13-26-21)27-15-28-23(17)30-16-7-8-20(18(25)11-16)33-14-24(2)9-4-5-10-29-24/h3-13,15,29H,14H2,1-2H3,(H,26,31,32)(H,27,28,30)/b6-3+. The number of anilines is 3. The van der Waals surface area contributed by atoms with Gasteiger partial charge >= 0.3 is 0 Å². The van der Waals surface area contributed by atoms with E-state index in [1.165, 1.54) is 24.7 Å². The van der Waals surface area contributed by atoms with Crippen molar-refractivity contribution < 1.29 is 13.9 Å². The van der Waals surface area contributed by atoms with Crippen molar-refractivity contribution >= 4 is 34.1 Å². The van der Waals surface area contributed by atoms with Gasteiger partial charge in [-0.3, -0.25) is 4.79 Å². The number of carbonyl (C=O) groups excluding carboxylic acids is 1. The Balaban J connectivity index is 1.51. The van der Waals surface area contributed by atoms with Gasteiger partial charge in [0.25, 0.3) is 0 Å². The summed E-state index contributed by atoms with van der Waals surface area (Å²) >= 11 is 0. The highest BCUT2D eigenvalue weighted by Gasteiger charge is 2.22. The molecule has 8 nitrogen and oxygen atoms in total. The highest BCUT2D eigenvalue weighted by atomic mass is 19.1. The molecule has 1 amide bonds. The van der Waals surface area contributed by atoms with E-state index in [0.717, 1.165) is 0 Å². The van der Waals surface area contributed by atoms with Gasteiger partial charge in [0.1, 0.15) is 24.6 Å². The van der Waals surface area contributed by atoms with E-state index in [2.05, 4.69) is 30.9 Å². The molecular formula is C24H23FN6O2. The Hall–Kier alpha value is -4.27. The van der Waals surface area contributed by atoms with E-state index in [-0.39, 0.29) is 18.3 Å². The van der Waals surface area contributed by atoms with Gasteiger partial charge in [0, 0.05) is 17.1 Å². The molecule has 0 bridgehead atoms. The topological polar surface area (TPSA) is 101 Å². The van der Waals surface area contributed by atoms with E-state index in [1.54, 1.807) is 31.2 Å². The number of aromatic nitrogens is 3. The van der Waals surface area contributed by atoms with E-state index in [9.17, 15) is 9.18 Å². The quantitative estimate of drug-likeness (QED) is 0.467. The van der Waals surface area contributed by atoms with Gasteiger partial charge in [-0.1, -0.05) is 18.2 Å². The molecule has 0 spiro atoms. The Morgan fingerprint density at radius 1 is 1.24 bits per heavy atom. The van der Waals surface area contributed by atoms with E-state index < -0.39 is 11.4 Å². The SMILES string of the molecule is C/C=C/C(=O)Nc1cc2c(Nc3ccc(OCC4(C)C=CC=CN4)c(F)c3)ncnc2cn1. The Morgan fingerprint density at radius 3 is 2.88 bits per heavy atom. The average Bonchev–Trinajstić information content (AvgIpc) is 2.79. The molecule has 3 aromatic rings. The number of carbonyl (C=O) groups is 1. The van der Waals surface area contributed by atoms with E-state index >= 15 is 0 Å². The summed E-state index contributed by atoms with van der Waals surface area (Å²) in [4.78, 5) is 24.5. The molecule has 1 aromatic carbocycles. The Morgan fingerprint density at radius 2 is 2.12 bits per heavy atom. The fourth-order valence-electron chi connectivity index (χ4n) is 3.21. The van der Waals surface area contributed by atoms with Crippen LogP contribution < -0.4 is 20.7 Å². The molecule has 0 radical (unpaired) electrons. The highest BCUT2D eigenvalue weighted by molar-refractivity contribution is 6.00. The van der Waals surface area contributed by atoms with Crippen molar-refractivity contribution in [1.82, 2.24) is 20.3 Å². The van der Waals surface area contributed by atoms with Gasteiger partial charge in [-0.2, -0.15) is 0 Å². The Kier molecular flexibility index (Phi) is 6.30. The molecule has 33 heavy (non-hydrogen) atoms. The lowest BCUT2D eigenvalue weighted by molar-refractivity contribution is -0.111. The number of fused-ring (bicyclic) bond motifs is 1. The maximum absolute atomic E-state index is 14.7. The summed E-state index contributed by atoms with van der Waals surface area (Å²) < 4.78 is 20.4. The molecule has 4 rings (SSSR count). The van der Waals surface area contributed by atoms with Crippen LogP contribution in [0.5, 0.6) is 5.75 Å². The molecule has 1 aliphatic rings. The molecule has 0 saturated carbocycles. The first kappa shape index (κ1) is 21.9. The predicted octanol–water partition coefficient (Wildman–Crippen LogP) is 4.23. The molecule has 0 fully saturated rings. The van der Waals surface area contributed by atoms with E-state index in [1.807, 2.05) is 31.4 Å². The fraction of sp³-hybridized carbons (Fsp3) is 0.167. The Bertz CT molecular complexity index is 1270. The number of dihydropyridines is 1. The molecule has 168 valence electrons. The van der Waals surface area contributed by atoms with Crippen LogP contribution in [-0.4, -0.2) is 33.0 Å². The molecular weight excluding hydrogens is 423 g/mol. The fourth-order valence-corrected chi connectivity index (χ4v) is 3.21. The number of nitrogens with zero attached hydrogens (tertiary/aromatic N) is 3.